The molecule has 13 heavy (non-hydrogen) atoms. The Morgan fingerprint density at radius 2 is 2.46 bits per heavy atom. The average Bonchev–Trinajstić information content (AvgIpc) is 2.45. The van der Waals surface area contributed by atoms with Crippen LogP contribution in [0, 0.1) is 0 Å². The zero-order chi connectivity index (χ0) is 9.42. The fourth-order valence-corrected chi connectivity index (χ4v) is 1.74. The summed E-state index contributed by atoms with van der Waals surface area (Å²) in [4.78, 5) is 11.1. The van der Waals surface area contributed by atoms with Crippen LogP contribution in [0.15, 0.2) is 0 Å². The van der Waals surface area contributed by atoms with Crippen LogP contribution in [0.2, 0.25) is 0 Å². The summed E-state index contributed by atoms with van der Waals surface area (Å²) >= 11 is 1.66. The number of nitrogens with two attached hydrogens (primary N) is 1. The molecule has 0 amide bonds. The summed E-state index contributed by atoms with van der Waals surface area (Å²) in [5.74, 6) is 0.456. The summed E-state index contributed by atoms with van der Waals surface area (Å²) in [7, 11) is 0. The summed E-state index contributed by atoms with van der Waals surface area (Å²) in [6, 6.07) is 0. The molecule has 6 heteroatoms. The molecule has 0 saturated heterocycles. The first-order valence-corrected chi connectivity index (χ1v) is 4.92. The lowest BCUT2D eigenvalue weighted by Crippen LogP contribution is -2.09. The number of carbonyl (C=O) groups is 1. The van der Waals surface area contributed by atoms with Crippen molar-refractivity contribution >= 4 is 32.3 Å². The summed E-state index contributed by atoms with van der Waals surface area (Å²) in [5, 5.41) is 4.06. The van der Waals surface area contributed by atoms with E-state index in [1.807, 2.05) is 0 Å². The van der Waals surface area contributed by atoms with E-state index in [2.05, 4.69) is 5.10 Å². The largest absolute Gasteiger partial charge is 0.383 e. The van der Waals surface area contributed by atoms with Gasteiger partial charge in [-0.3, -0.25) is 4.79 Å². The summed E-state index contributed by atoms with van der Waals surface area (Å²) < 4.78 is 6.23. The van der Waals surface area contributed by atoms with Crippen LogP contribution in [0.3, 0.4) is 0 Å². The van der Waals surface area contributed by atoms with Crippen LogP contribution in [0.5, 0.6) is 0 Å². The first-order chi connectivity index (χ1) is 6.20. The Morgan fingerprint density at radius 1 is 1.69 bits per heavy atom. The normalized spacial score (nSPS) is 15.5. The third-order valence-electron chi connectivity index (χ3n) is 2.01. The van der Waals surface area contributed by atoms with Gasteiger partial charge in [-0.05, 0) is 0 Å². The van der Waals surface area contributed by atoms with Gasteiger partial charge in [-0.1, -0.05) is 0 Å². The Morgan fingerprint density at radius 3 is 3.08 bits per heavy atom. The lowest BCUT2D eigenvalue weighted by Gasteiger charge is -2.09. The summed E-state index contributed by atoms with van der Waals surface area (Å²) in [5.41, 5.74) is 7.49. The fourth-order valence-electron chi connectivity index (χ4n) is 1.38. The van der Waals surface area contributed by atoms with E-state index in [-0.39, 0.29) is 3.91 Å². The highest BCUT2D eigenvalue weighted by Gasteiger charge is 2.20. The van der Waals surface area contributed by atoms with Crippen LogP contribution in [0.25, 0.3) is 0 Å². The maximum Gasteiger partial charge on any atom is 0.309 e. The van der Waals surface area contributed by atoms with Gasteiger partial charge < -0.3 is 10.5 Å². The Balaban J connectivity index is 2.50. The number of aromatic nitrogens is 2. The third-order valence-corrected chi connectivity index (χ3v) is 2.47. The van der Waals surface area contributed by atoms with Gasteiger partial charge in [-0.15, -0.1) is 0 Å². The van der Waals surface area contributed by atoms with Crippen LogP contribution >= 0.6 is 22.6 Å². The van der Waals surface area contributed by atoms with Gasteiger partial charge in [0.2, 0.25) is 0 Å². The van der Waals surface area contributed by atoms with Gasteiger partial charge in [0.25, 0.3) is 0 Å². The molecule has 0 spiro atoms. The lowest BCUT2D eigenvalue weighted by molar-refractivity contribution is 0.108. The Hall–Kier alpha value is -0.630. The van der Waals surface area contributed by atoms with E-state index in [9.17, 15) is 4.79 Å². The number of hydrogen-bond donors (Lipinski definition) is 1. The summed E-state index contributed by atoms with van der Waals surface area (Å²) in [6.45, 7) is 1.11. The second-order valence-corrected chi connectivity index (χ2v) is 3.70. The molecule has 0 fully saturated rings. The number of carbonyl (C=O) groups excluding carboxylic acids is 1. The Kier molecular flexibility index (Phi) is 2.24. The second-order valence-electron chi connectivity index (χ2n) is 2.78. The molecule has 2 rings (SSSR count). The van der Waals surface area contributed by atoms with Crippen LogP contribution in [0.1, 0.15) is 11.3 Å². The molecule has 0 radical (unpaired) electrons. The van der Waals surface area contributed by atoms with E-state index in [1.54, 1.807) is 22.6 Å². The van der Waals surface area contributed by atoms with Crippen LogP contribution < -0.4 is 5.73 Å². The molecule has 0 bridgehead atoms. The van der Waals surface area contributed by atoms with Crippen molar-refractivity contribution in [3.8, 4) is 0 Å². The first kappa shape index (κ1) is 8.95. The molecule has 0 unspecified atom stereocenters. The fraction of sp³-hybridized carbons (Fsp3) is 0.429. The van der Waals surface area contributed by atoms with E-state index < -0.39 is 0 Å². The number of nitrogens with zero attached hydrogens (tertiary/aromatic N) is 2. The number of ether oxygens (including phenoxy) is 1. The maximum absolute atomic E-state index is 11.1. The average molecular weight is 293 g/mol. The van der Waals surface area contributed by atoms with Crippen LogP contribution in [0.4, 0.5) is 10.6 Å². The molecule has 0 atom stereocenters. The molecule has 1 aliphatic rings. The highest BCUT2D eigenvalue weighted by Crippen LogP contribution is 2.22. The van der Waals surface area contributed by atoms with Gasteiger partial charge in [-0.25, -0.2) is 0 Å². The predicted octanol–water partition coefficient (Wildman–Crippen LogP) is 0.941. The van der Waals surface area contributed by atoms with E-state index >= 15 is 0 Å². The third kappa shape index (κ3) is 1.44. The second kappa shape index (κ2) is 3.26. The highest BCUT2D eigenvalue weighted by molar-refractivity contribution is 14.1. The number of rotatable bonds is 0. The minimum Gasteiger partial charge on any atom is -0.383 e. The number of halogens is 1. The molecule has 1 aromatic rings. The van der Waals surface area contributed by atoms with E-state index in [4.69, 9.17) is 10.5 Å². The molecule has 5 nitrogen and oxygen atoms in total. The SMILES string of the molecule is Nc1c2c(nn1C(=O)I)COCC2. The van der Waals surface area contributed by atoms with Crippen LogP contribution in [-0.2, 0) is 17.8 Å². The van der Waals surface area contributed by atoms with E-state index in [1.165, 1.54) is 4.68 Å². The van der Waals surface area contributed by atoms with Crippen molar-refractivity contribution in [1.82, 2.24) is 9.78 Å². The van der Waals surface area contributed by atoms with Crippen molar-refractivity contribution in [1.29, 1.82) is 0 Å². The van der Waals surface area contributed by atoms with E-state index in [0.29, 0.717) is 19.0 Å². The predicted molar refractivity (Wildman–Crippen MR) is 54.8 cm³/mol. The monoisotopic (exact) mass is 293 g/mol. The minimum atomic E-state index is -0.190. The van der Waals surface area contributed by atoms with Crippen molar-refractivity contribution in [3.63, 3.8) is 0 Å². The number of fused-ring (bicyclic) bond motifs is 1. The topological polar surface area (TPSA) is 70.1 Å². The standard InChI is InChI=1S/C7H8IN3O2/c8-7(12)11-6(9)4-1-2-13-3-5(4)10-11/h1-3,9H2. The van der Waals surface area contributed by atoms with Gasteiger partial charge in [0.1, 0.15) is 5.82 Å². The van der Waals surface area contributed by atoms with Crippen molar-refractivity contribution in [2.75, 3.05) is 12.3 Å². The van der Waals surface area contributed by atoms with Crippen molar-refractivity contribution in [2.24, 2.45) is 0 Å². The van der Waals surface area contributed by atoms with Crippen LogP contribution in [-0.4, -0.2) is 20.3 Å². The lowest BCUT2D eigenvalue weighted by atomic mass is 10.1. The molecule has 0 saturated carbocycles. The molecule has 1 aliphatic heterocycles. The molecular formula is C7H8IN3O2. The molecule has 1 aromatic heterocycles. The molecule has 0 aromatic carbocycles. The molecule has 0 aliphatic carbocycles. The van der Waals surface area contributed by atoms with Gasteiger partial charge in [-0.2, -0.15) is 9.78 Å². The van der Waals surface area contributed by atoms with Gasteiger partial charge in [0, 0.05) is 34.6 Å². The van der Waals surface area contributed by atoms with E-state index in [0.717, 1.165) is 17.7 Å². The van der Waals surface area contributed by atoms with Crippen molar-refractivity contribution in [2.45, 2.75) is 13.0 Å². The Bertz CT molecular complexity index is 361. The summed E-state index contributed by atoms with van der Waals surface area (Å²) in [6.07, 6.45) is 0.741. The number of hydrogen-bond acceptors (Lipinski definition) is 4. The Labute approximate surface area is 88.4 Å². The number of nitrogen functional groups attached to an aromatic ring is 1. The van der Waals surface area contributed by atoms with Gasteiger partial charge in [0.05, 0.1) is 18.9 Å². The first-order valence-electron chi connectivity index (χ1n) is 3.84. The molecular weight excluding hydrogens is 285 g/mol. The molecule has 2 N–H and O–H groups in total. The zero-order valence-corrected chi connectivity index (χ0v) is 8.95. The zero-order valence-electron chi connectivity index (χ0n) is 6.79. The molecule has 70 valence electrons. The smallest absolute Gasteiger partial charge is 0.309 e. The minimum absolute atomic E-state index is 0.190. The maximum atomic E-state index is 11.1. The quantitative estimate of drug-likeness (QED) is 0.571. The number of anilines is 1. The van der Waals surface area contributed by atoms with Gasteiger partial charge in [0.15, 0.2) is 0 Å². The molecule has 2 heterocycles. The van der Waals surface area contributed by atoms with Crippen molar-refractivity contribution in [3.05, 3.63) is 11.3 Å². The van der Waals surface area contributed by atoms with Gasteiger partial charge >= 0.3 is 3.91 Å². The highest BCUT2D eigenvalue weighted by atomic mass is 127. The van der Waals surface area contributed by atoms with Crippen molar-refractivity contribution < 1.29 is 9.53 Å².